The lowest BCUT2D eigenvalue weighted by molar-refractivity contribution is 0.107. The maximum Gasteiger partial charge on any atom is 0.0468 e. The van der Waals surface area contributed by atoms with Gasteiger partial charge in [0.15, 0.2) is 0 Å². The molecule has 27 heavy (non-hydrogen) atoms. The van der Waals surface area contributed by atoms with E-state index in [2.05, 4.69) is 4.90 Å². The van der Waals surface area contributed by atoms with Gasteiger partial charge in [-0.05, 0) is 75.9 Å². The van der Waals surface area contributed by atoms with Crippen LogP contribution in [0.5, 0.6) is 0 Å². The molecule has 0 aromatic heterocycles. The molecule has 0 N–H and O–H groups in total. The summed E-state index contributed by atoms with van der Waals surface area (Å²) in [5.41, 5.74) is 0. The van der Waals surface area contributed by atoms with Crippen LogP contribution in [0, 0.1) is 17.8 Å². The molecule has 2 heteroatoms. The molecule has 0 aromatic carbocycles. The third-order valence-corrected chi connectivity index (χ3v) is 7.86. The first-order valence-corrected chi connectivity index (χ1v) is 12.7. The summed E-state index contributed by atoms with van der Waals surface area (Å²) >= 11 is 0. The van der Waals surface area contributed by atoms with Gasteiger partial charge in [0.2, 0.25) is 0 Å². The van der Waals surface area contributed by atoms with Gasteiger partial charge in [0.05, 0.1) is 0 Å². The van der Waals surface area contributed by atoms with Crippen LogP contribution in [0.4, 0.5) is 0 Å². The predicted molar refractivity (Wildman–Crippen MR) is 116 cm³/mol. The molecule has 1 heterocycles. The summed E-state index contributed by atoms with van der Waals surface area (Å²) in [4.78, 5) is 2.75. The zero-order valence-corrected chi connectivity index (χ0v) is 18.1. The van der Waals surface area contributed by atoms with Crippen molar-refractivity contribution in [3.05, 3.63) is 0 Å². The Bertz CT molecular complexity index is 349. The number of piperidine rings is 1. The smallest absolute Gasteiger partial charge is 0.0468 e. The Balaban J connectivity index is 1.13. The van der Waals surface area contributed by atoms with Crippen LogP contribution in [0.2, 0.25) is 0 Å². The van der Waals surface area contributed by atoms with Gasteiger partial charge < -0.3 is 9.64 Å². The molecule has 2 nitrogen and oxygen atoms in total. The van der Waals surface area contributed by atoms with E-state index in [4.69, 9.17) is 4.74 Å². The average Bonchev–Trinajstić information content (AvgIpc) is 3.01. The van der Waals surface area contributed by atoms with E-state index in [0.717, 1.165) is 31.0 Å². The largest absolute Gasteiger partial charge is 0.381 e. The van der Waals surface area contributed by atoms with Gasteiger partial charge in [-0.3, -0.25) is 0 Å². The minimum atomic E-state index is 0.972. The number of unbranched alkanes of at least 4 members (excludes halogenated alkanes) is 2. The molecule has 0 spiro atoms. The second kappa shape index (κ2) is 13.2. The van der Waals surface area contributed by atoms with E-state index in [1.54, 1.807) is 0 Å². The third-order valence-electron chi connectivity index (χ3n) is 7.86. The third kappa shape index (κ3) is 8.44. The van der Waals surface area contributed by atoms with Gasteiger partial charge in [0.25, 0.3) is 0 Å². The van der Waals surface area contributed by atoms with Crippen molar-refractivity contribution in [3.63, 3.8) is 0 Å². The minimum absolute atomic E-state index is 0.972. The monoisotopic (exact) mass is 377 g/mol. The highest BCUT2D eigenvalue weighted by Crippen LogP contribution is 2.34. The van der Waals surface area contributed by atoms with Crippen molar-refractivity contribution in [1.82, 2.24) is 4.90 Å². The summed E-state index contributed by atoms with van der Waals surface area (Å²) in [6.45, 7) is 6.09. The van der Waals surface area contributed by atoms with Gasteiger partial charge in [-0.2, -0.15) is 0 Å². The molecule has 1 aliphatic heterocycles. The van der Waals surface area contributed by atoms with Crippen LogP contribution in [0.15, 0.2) is 0 Å². The van der Waals surface area contributed by atoms with E-state index in [-0.39, 0.29) is 0 Å². The van der Waals surface area contributed by atoms with Gasteiger partial charge in [-0.1, -0.05) is 70.6 Å². The van der Waals surface area contributed by atoms with Crippen molar-refractivity contribution in [2.45, 2.75) is 109 Å². The Morgan fingerprint density at radius 2 is 1.22 bits per heavy atom. The molecule has 3 rings (SSSR count). The van der Waals surface area contributed by atoms with Crippen LogP contribution < -0.4 is 0 Å². The standard InChI is InChI=1S/C25H47NO/c1-2-8-14-24(13-7-1)25-15-19-26(20-16-25)18-9-4-10-21-27-22-17-23-11-5-3-6-12-23/h23-25H,1-22H2. The zero-order valence-electron chi connectivity index (χ0n) is 18.1. The Morgan fingerprint density at radius 1 is 0.593 bits per heavy atom. The lowest BCUT2D eigenvalue weighted by Crippen LogP contribution is -2.36. The van der Waals surface area contributed by atoms with E-state index >= 15 is 0 Å². The molecule has 2 aliphatic carbocycles. The molecule has 0 atom stereocenters. The SMILES string of the molecule is C1CCC(CCOCCCCCN2CCC(C3CCCCCC3)CC2)CC1. The van der Waals surface area contributed by atoms with Crippen molar-refractivity contribution in [2.75, 3.05) is 32.8 Å². The summed E-state index contributed by atoms with van der Waals surface area (Å²) in [7, 11) is 0. The van der Waals surface area contributed by atoms with E-state index in [9.17, 15) is 0 Å². The molecule has 0 amide bonds. The van der Waals surface area contributed by atoms with Crippen LogP contribution in [0.1, 0.15) is 109 Å². The number of hydrogen-bond acceptors (Lipinski definition) is 2. The first-order valence-electron chi connectivity index (χ1n) is 12.7. The molecular formula is C25H47NO. The van der Waals surface area contributed by atoms with Crippen molar-refractivity contribution in [1.29, 1.82) is 0 Å². The lowest BCUT2D eigenvalue weighted by atomic mass is 9.80. The molecule has 0 aromatic rings. The number of likely N-dealkylation sites (tertiary alicyclic amines) is 1. The normalized spacial score (nSPS) is 24.9. The summed E-state index contributed by atoms with van der Waals surface area (Å²) < 4.78 is 5.91. The molecule has 158 valence electrons. The molecule has 0 radical (unpaired) electrons. The quantitative estimate of drug-likeness (QED) is 0.306. The molecule has 3 aliphatic rings. The van der Waals surface area contributed by atoms with Crippen LogP contribution in [0.3, 0.4) is 0 Å². The molecule has 0 unspecified atom stereocenters. The zero-order chi connectivity index (χ0) is 18.6. The van der Waals surface area contributed by atoms with Crippen LogP contribution in [-0.2, 0) is 4.74 Å². The van der Waals surface area contributed by atoms with Crippen LogP contribution >= 0.6 is 0 Å². The van der Waals surface area contributed by atoms with Gasteiger partial charge in [0, 0.05) is 13.2 Å². The number of rotatable bonds is 10. The second-order valence-corrected chi connectivity index (χ2v) is 9.90. The first-order chi connectivity index (χ1) is 13.4. The maximum atomic E-state index is 5.91. The van der Waals surface area contributed by atoms with Crippen molar-refractivity contribution < 1.29 is 4.74 Å². The fraction of sp³-hybridized carbons (Fsp3) is 1.00. The first kappa shape index (κ1) is 21.6. The summed E-state index contributed by atoms with van der Waals surface area (Å²) in [6.07, 6.45) is 24.7. The molecule has 0 bridgehead atoms. The predicted octanol–water partition coefficient (Wildman–Crippen LogP) is 6.83. The maximum absolute atomic E-state index is 5.91. The average molecular weight is 378 g/mol. The molecular weight excluding hydrogens is 330 g/mol. The highest BCUT2D eigenvalue weighted by atomic mass is 16.5. The lowest BCUT2D eigenvalue weighted by Gasteiger charge is -2.36. The Kier molecular flexibility index (Phi) is 10.6. The second-order valence-electron chi connectivity index (χ2n) is 9.90. The van der Waals surface area contributed by atoms with Gasteiger partial charge in [-0.25, -0.2) is 0 Å². The number of hydrogen-bond donors (Lipinski definition) is 0. The molecule has 2 saturated carbocycles. The van der Waals surface area contributed by atoms with E-state index in [0.29, 0.717) is 0 Å². The van der Waals surface area contributed by atoms with Gasteiger partial charge >= 0.3 is 0 Å². The van der Waals surface area contributed by atoms with E-state index < -0.39 is 0 Å². The summed E-state index contributed by atoms with van der Waals surface area (Å²) in [5.74, 6) is 3.09. The molecule has 1 saturated heterocycles. The topological polar surface area (TPSA) is 12.5 Å². The van der Waals surface area contributed by atoms with Crippen molar-refractivity contribution in [2.24, 2.45) is 17.8 Å². The van der Waals surface area contributed by atoms with Crippen molar-refractivity contribution >= 4 is 0 Å². The van der Waals surface area contributed by atoms with Crippen LogP contribution in [0.25, 0.3) is 0 Å². The minimum Gasteiger partial charge on any atom is -0.381 e. The Morgan fingerprint density at radius 3 is 1.96 bits per heavy atom. The number of ether oxygens (including phenoxy) is 1. The molecule has 3 fully saturated rings. The van der Waals surface area contributed by atoms with Gasteiger partial charge in [-0.15, -0.1) is 0 Å². The number of nitrogens with zero attached hydrogens (tertiary/aromatic N) is 1. The van der Waals surface area contributed by atoms with Crippen molar-refractivity contribution in [3.8, 4) is 0 Å². The Hall–Kier alpha value is -0.0800. The van der Waals surface area contributed by atoms with Gasteiger partial charge in [0.1, 0.15) is 0 Å². The summed E-state index contributed by atoms with van der Waals surface area (Å²) in [6, 6.07) is 0. The Labute approximate surface area is 169 Å². The fourth-order valence-corrected chi connectivity index (χ4v) is 5.97. The summed E-state index contributed by atoms with van der Waals surface area (Å²) in [5, 5.41) is 0. The van der Waals surface area contributed by atoms with Crippen LogP contribution in [-0.4, -0.2) is 37.7 Å². The fourth-order valence-electron chi connectivity index (χ4n) is 5.97. The highest BCUT2D eigenvalue weighted by Gasteiger charge is 2.26. The highest BCUT2D eigenvalue weighted by molar-refractivity contribution is 4.79. The van der Waals surface area contributed by atoms with E-state index in [1.165, 1.54) is 129 Å². The van der Waals surface area contributed by atoms with E-state index in [1.807, 2.05) is 0 Å².